The van der Waals surface area contributed by atoms with Crippen molar-refractivity contribution in [1.82, 2.24) is 0 Å². The smallest absolute Gasteiger partial charge is 0.252 e. The summed E-state index contributed by atoms with van der Waals surface area (Å²) in [4.78, 5) is 16.8. The average molecular weight is 1050 g/mol. The normalized spacial score (nSPS) is 16.4. The number of hydrogen-bond donors (Lipinski definition) is 0. The van der Waals surface area contributed by atoms with Crippen molar-refractivity contribution in [2.24, 2.45) is 0 Å². The minimum Gasteiger partial charge on any atom is -0.312 e. The van der Waals surface area contributed by atoms with E-state index in [1.165, 1.54) is 113 Å². The van der Waals surface area contributed by atoms with Crippen LogP contribution < -0.4 is 47.5 Å². The summed E-state index contributed by atoms with van der Waals surface area (Å²) in [5, 5.41) is 0. The fourth-order valence-corrected chi connectivity index (χ4v) is 17.1. The Balaban J connectivity index is 1.33. The van der Waals surface area contributed by atoms with Gasteiger partial charge in [0.25, 0.3) is 13.4 Å². The standard InChI is InChI=1S/C60H75B2N3S6/c1-66(2,3)42-23-19-40(20-24-42)63-52-31-27-44(68(7,8)9)35-48(52)61-50-37-46(70(13,14)15)29-33-54(50)65-55-34-30-47(71(16,17)18)38-51(55)62-49-36-45(69(10,11)12)28-32-53(49)64(41-21-25-43(26-22-41)67(4,5)6)57-39-56(63)58(61)60(65)59(57)62/h19-39H,1-18H3. The zero-order chi connectivity index (χ0) is 50.9. The number of nitrogens with zero attached hydrogens (tertiary/aromatic N) is 3. The molecule has 0 radical (unpaired) electrons. The topological polar surface area (TPSA) is 9.72 Å². The monoisotopic (exact) mass is 1050 g/mol. The van der Waals surface area contributed by atoms with Gasteiger partial charge in [-0.15, -0.1) is 0 Å². The Morgan fingerprint density at radius 2 is 0.493 bits per heavy atom. The van der Waals surface area contributed by atoms with Gasteiger partial charge in [0.05, 0.1) is 0 Å². The van der Waals surface area contributed by atoms with Gasteiger partial charge in [-0.25, -0.2) is 60.2 Å². The highest BCUT2D eigenvalue weighted by atomic mass is 32.3. The Morgan fingerprint density at radius 3 is 0.746 bits per heavy atom. The van der Waals surface area contributed by atoms with Crippen LogP contribution in [0.15, 0.2) is 157 Å². The van der Waals surface area contributed by atoms with Crippen molar-refractivity contribution < 1.29 is 0 Å². The molecule has 7 aromatic rings. The van der Waals surface area contributed by atoms with Crippen molar-refractivity contribution in [3.8, 4) is 0 Å². The van der Waals surface area contributed by atoms with Crippen LogP contribution in [0.5, 0.6) is 0 Å². The first-order valence-corrected chi connectivity index (χ1v) is 41.6. The SMILES string of the molecule is CS(C)(C)c1ccc(N2c3ccc(S(C)(C)C)cc3B3c4cc(S(C)(C)C)ccc4N4c5ccc(S(C)(C)C)cc5B5c6cc(S(C)(C)C)ccc6N(c6ccc(S(C)(C)C)cc6)c6cc2c3c4c65)cc1. The Kier molecular flexibility index (Phi) is 11.4. The molecule has 0 saturated heterocycles. The van der Waals surface area contributed by atoms with Gasteiger partial charge in [-0.1, -0.05) is 24.3 Å². The maximum atomic E-state index is 2.75. The second-order valence-electron chi connectivity index (χ2n) is 24.9. The molecule has 0 fully saturated rings. The summed E-state index contributed by atoms with van der Waals surface area (Å²) in [5.41, 5.74) is 20.1. The quantitative estimate of drug-likeness (QED) is 0.140. The van der Waals surface area contributed by atoms with Gasteiger partial charge in [0.2, 0.25) is 0 Å². The molecule has 0 bridgehead atoms. The molecule has 11 rings (SSSR count). The van der Waals surface area contributed by atoms with Crippen LogP contribution in [0.2, 0.25) is 0 Å². The molecule has 0 amide bonds. The van der Waals surface area contributed by atoms with E-state index in [1.807, 2.05) is 0 Å². The molecule has 0 N–H and O–H groups in total. The van der Waals surface area contributed by atoms with Gasteiger partial charge in [-0.05, 0) is 278 Å². The van der Waals surface area contributed by atoms with Crippen molar-refractivity contribution in [3.05, 3.63) is 127 Å². The Labute approximate surface area is 438 Å². The van der Waals surface area contributed by atoms with Gasteiger partial charge >= 0.3 is 0 Å². The summed E-state index contributed by atoms with van der Waals surface area (Å²) in [5.74, 6) is 0. The van der Waals surface area contributed by atoms with Crippen LogP contribution in [0.1, 0.15) is 0 Å². The van der Waals surface area contributed by atoms with E-state index in [-0.39, 0.29) is 13.4 Å². The highest BCUT2D eigenvalue weighted by Crippen LogP contribution is 2.56. The third-order valence-corrected chi connectivity index (χ3v) is 25.3. The van der Waals surface area contributed by atoms with E-state index >= 15 is 0 Å². The van der Waals surface area contributed by atoms with Crippen LogP contribution >= 0.6 is 60.2 Å². The van der Waals surface area contributed by atoms with Crippen molar-refractivity contribution in [2.75, 3.05) is 127 Å². The fraction of sp³-hybridized carbons (Fsp3) is 0.300. The van der Waals surface area contributed by atoms with E-state index in [4.69, 9.17) is 0 Å². The number of benzene rings is 7. The molecule has 0 atom stereocenters. The maximum Gasteiger partial charge on any atom is 0.252 e. The molecule has 372 valence electrons. The first-order chi connectivity index (χ1) is 33.0. The summed E-state index contributed by atoms with van der Waals surface area (Å²) in [6.07, 6.45) is 43.9. The molecule has 4 aliphatic heterocycles. The van der Waals surface area contributed by atoms with Gasteiger partial charge in [0.15, 0.2) is 0 Å². The summed E-state index contributed by atoms with van der Waals surface area (Å²) < 4.78 is 0. The molecule has 0 spiro atoms. The first-order valence-electron chi connectivity index (χ1n) is 24.5. The Bertz CT molecular complexity index is 3070. The average Bonchev–Trinajstić information content (AvgIpc) is 3.28. The molecular weight excluding hydrogens is 977 g/mol. The summed E-state index contributed by atoms with van der Waals surface area (Å²) in [7, 11) is -6.06. The predicted octanol–water partition coefficient (Wildman–Crippen LogP) is 12.7. The lowest BCUT2D eigenvalue weighted by Crippen LogP contribution is -2.68. The number of rotatable bonds is 8. The first kappa shape index (κ1) is 49.4. The minimum absolute atomic E-state index is 0.0410. The molecule has 0 aromatic heterocycles. The van der Waals surface area contributed by atoms with Crippen LogP contribution in [0.4, 0.5) is 51.2 Å². The molecule has 71 heavy (non-hydrogen) atoms. The van der Waals surface area contributed by atoms with Gasteiger partial charge in [0.1, 0.15) is 0 Å². The van der Waals surface area contributed by atoms with E-state index in [0.717, 1.165) is 0 Å². The molecular formula is C60H75B2N3S6. The number of hydrogen-bond acceptors (Lipinski definition) is 3. The van der Waals surface area contributed by atoms with Gasteiger partial charge in [-0.2, -0.15) is 0 Å². The fourth-order valence-electron chi connectivity index (χ4n) is 11.4. The second-order valence-corrected chi connectivity index (χ2v) is 49.7. The molecule has 11 heteroatoms. The Hall–Kier alpha value is -3.83. The molecule has 0 unspecified atom stereocenters. The third-order valence-electron chi connectivity index (χ3n) is 15.3. The van der Waals surface area contributed by atoms with E-state index in [2.05, 4.69) is 255 Å². The largest absolute Gasteiger partial charge is 0.312 e. The van der Waals surface area contributed by atoms with Gasteiger partial charge in [0, 0.05) is 51.2 Å². The van der Waals surface area contributed by atoms with Crippen LogP contribution in [0.3, 0.4) is 0 Å². The van der Waals surface area contributed by atoms with Crippen molar-refractivity contribution in [3.63, 3.8) is 0 Å². The van der Waals surface area contributed by atoms with Crippen molar-refractivity contribution in [1.29, 1.82) is 0 Å². The zero-order valence-corrected chi connectivity index (χ0v) is 50.5. The molecule has 3 nitrogen and oxygen atoms in total. The number of fused-ring (bicyclic) bond motifs is 10. The number of anilines is 9. The van der Waals surface area contributed by atoms with Crippen molar-refractivity contribution >= 4 is 158 Å². The van der Waals surface area contributed by atoms with E-state index in [9.17, 15) is 0 Å². The third kappa shape index (κ3) is 8.03. The summed E-state index contributed by atoms with van der Waals surface area (Å²) in [6, 6.07) is 52.3. The maximum absolute atomic E-state index is 2.75. The molecule has 4 heterocycles. The summed E-state index contributed by atoms with van der Waals surface area (Å²) in [6.45, 7) is 0.0819. The van der Waals surface area contributed by atoms with E-state index in [1.54, 1.807) is 0 Å². The second kappa shape index (κ2) is 16.3. The zero-order valence-electron chi connectivity index (χ0n) is 45.6. The van der Waals surface area contributed by atoms with Gasteiger partial charge in [-0.3, -0.25) is 0 Å². The molecule has 0 saturated carbocycles. The Morgan fingerprint density at radius 1 is 0.254 bits per heavy atom. The van der Waals surface area contributed by atoms with E-state index in [0.29, 0.717) is 0 Å². The molecule has 7 aromatic carbocycles. The molecule has 4 aliphatic rings. The minimum atomic E-state index is -1.05. The lowest BCUT2D eigenvalue weighted by Gasteiger charge is -2.51. The lowest BCUT2D eigenvalue weighted by molar-refractivity contribution is 1.21. The summed E-state index contributed by atoms with van der Waals surface area (Å²) >= 11 is 0. The highest BCUT2D eigenvalue weighted by molar-refractivity contribution is 8.33. The molecule has 0 aliphatic carbocycles. The van der Waals surface area contributed by atoms with Crippen LogP contribution in [0.25, 0.3) is 0 Å². The predicted molar refractivity (Wildman–Crippen MR) is 342 cm³/mol. The van der Waals surface area contributed by atoms with Crippen LogP contribution in [-0.2, 0) is 0 Å². The van der Waals surface area contributed by atoms with Crippen molar-refractivity contribution in [2.45, 2.75) is 29.4 Å². The van der Waals surface area contributed by atoms with Crippen LogP contribution in [-0.4, -0.2) is 126 Å². The highest BCUT2D eigenvalue weighted by Gasteiger charge is 2.52. The van der Waals surface area contributed by atoms with Gasteiger partial charge < -0.3 is 14.7 Å². The van der Waals surface area contributed by atoms with E-state index < -0.39 is 60.2 Å². The lowest BCUT2D eigenvalue weighted by atomic mass is 9.29. The van der Waals surface area contributed by atoms with Crippen LogP contribution in [0, 0.1) is 0 Å².